The van der Waals surface area contributed by atoms with E-state index in [9.17, 15) is 4.53 Å². The summed E-state index contributed by atoms with van der Waals surface area (Å²) >= 11 is 0. The third-order valence-corrected chi connectivity index (χ3v) is 0.270. The van der Waals surface area contributed by atoms with Gasteiger partial charge in [-0.15, -0.1) is 0 Å². The van der Waals surface area contributed by atoms with Crippen LogP contribution < -0.4 is 0 Å². The molecule has 0 bridgehead atoms. The molecule has 0 rings (SSSR count). The molecule has 0 atom stereocenters. The molecule has 4 N–H and O–H groups in total. The van der Waals surface area contributed by atoms with Crippen LogP contribution in [0.25, 0.3) is 0 Å². The van der Waals surface area contributed by atoms with Gasteiger partial charge in [-0.1, -0.05) is 4.73 Å². The molecular formula is CH6CaFO7P. The first-order valence-electron chi connectivity index (χ1n) is 1.57. The van der Waals surface area contributed by atoms with Crippen LogP contribution in [0.4, 0.5) is 9.32 Å². The summed E-state index contributed by atoms with van der Waals surface area (Å²) in [6.07, 6.45) is -1.83. The molecule has 0 aliphatic heterocycles. The van der Waals surface area contributed by atoms with Gasteiger partial charge in [0, 0.05) is 0 Å². The number of halogens is 1. The molecule has 0 amide bonds. The van der Waals surface area contributed by atoms with Crippen molar-refractivity contribution < 1.29 is 41.5 Å². The van der Waals surface area contributed by atoms with Gasteiger partial charge in [-0.2, -0.15) is 0 Å². The second-order valence-electron chi connectivity index (χ2n) is 0.842. The Morgan fingerprint density at radius 3 is 1.55 bits per heavy atom. The first-order chi connectivity index (χ1) is 4.29. The van der Waals surface area contributed by atoms with Crippen molar-refractivity contribution >= 4 is 51.7 Å². The van der Waals surface area contributed by atoms with Gasteiger partial charge >= 0.3 is 51.7 Å². The number of hydrogen-bond acceptors (Lipinski definition) is 3. The number of carboxylic acid groups (broad SMARTS) is 2. The molecule has 0 aliphatic rings. The molecular weight excluding hydrogens is 214 g/mol. The Hall–Kier alpha value is 0.570. The molecule has 0 radical (unpaired) electrons. The van der Waals surface area contributed by atoms with E-state index < -0.39 is 14.0 Å². The molecule has 0 aromatic rings. The van der Waals surface area contributed by atoms with Crippen molar-refractivity contribution in [3.05, 3.63) is 0 Å². The third kappa shape index (κ3) is 60.9. The van der Waals surface area contributed by atoms with Gasteiger partial charge in [-0.3, -0.25) is 0 Å². The zero-order chi connectivity index (χ0) is 8.78. The molecule has 11 heavy (non-hydrogen) atoms. The largest absolute Gasteiger partial charge is 2.00 e. The van der Waals surface area contributed by atoms with Gasteiger partial charge in [0.25, 0.3) is 0 Å². The van der Waals surface area contributed by atoms with Crippen molar-refractivity contribution in [2.24, 2.45) is 0 Å². The van der Waals surface area contributed by atoms with E-state index in [4.69, 9.17) is 29.4 Å². The van der Waals surface area contributed by atoms with Crippen molar-refractivity contribution in [1.82, 2.24) is 0 Å². The van der Waals surface area contributed by atoms with Gasteiger partial charge in [0.15, 0.2) is 0 Å². The minimum absolute atomic E-state index is 0. The number of phosphoric acid groups is 1. The Morgan fingerprint density at radius 2 is 1.55 bits per heavy atom. The average Bonchev–Trinajstić information content (AvgIpc) is 1.63. The minimum Gasteiger partial charge on any atom is -1.00 e. The van der Waals surface area contributed by atoms with Crippen LogP contribution in [0.5, 0.6) is 0 Å². The van der Waals surface area contributed by atoms with Crippen LogP contribution in [-0.4, -0.2) is 63.9 Å². The molecule has 0 aliphatic carbocycles. The Balaban J connectivity index is -0.0000000279. The molecule has 0 heterocycles. The van der Waals surface area contributed by atoms with E-state index in [1.54, 1.807) is 0 Å². The SMILES string of the molecule is O=C(O)O.O=P(O)(O)OF.[Ca+2].[H-].[H-]. The van der Waals surface area contributed by atoms with Crippen molar-refractivity contribution in [2.75, 3.05) is 0 Å². The van der Waals surface area contributed by atoms with Crippen LogP contribution in [-0.2, 0) is 9.29 Å². The number of rotatable bonds is 1. The van der Waals surface area contributed by atoms with Crippen molar-refractivity contribution in [1.29, 1.82) is 0 Å². The Morgan fingerprint density at radius 1 is 1.45 bits per heavy atom. The van der Waals surface area contributed by atoms with Crippen molar-refractivity contribution in [3.8, 4) is 0 Å². The van der Waals surface area contributed by atoms with E-state index in [1.807, 2.05) is 0 Å². The summed E-state index contributed by atoms with van der Waals surface area (Å²) in [6.45, 7) is 0. The van der Waals surface area contributed by atoms with Gasteiger partial charge in [0.2, 0.25) is 0 Å². The molecule has 0 spiro atoms. The van der Waals surface area contributed by atoms with Crippen LogP contribution >= 0.6 is 7.82 Å². The molecule has 66 valence electrons. The zero-order valence-electron chi connectivity index (χ0n) is 7.05. The average molecular weight is 220 g/mol. The van der Waals surface area contributed by atoms with E-state index in [0.29, 0.717) is 0 Å². The van der Waals surface area contributed by atoms with E-state index >= 15 is 0 Å². The standard InChI is InChI=1S/CH2O3.Ca.FH2O4P.2H/c2-1(3)4;;1-5-6(2,3)4;;/h(H2,2,3,4);;(H2,2,3,4);;/q;+2;;2*-1. The maximum absolute atomic E-state index is 10.2. The number of carbonyl (C=O) groups is 1. The van der Waals surface area contributed by atoms with Gasteiger partial charge in [0.05, 0.1) is 0 Å². The Labute approximate surface area is 92.9 Å². The summed E-state index contributed by atoms with van der Waals surface area (Å²) < 4.78 is 21.4. The summed E-state index contributed by atoms with van der Waals surface area (Å²) in [5.74, 6) is 0. The van der Waals surface area contributed by atoms with E-state index in [-0.39, 0.29) is 40.6 Å². The predicted octanol–water partition coefficient (Wildman–Crippen LogP) is 0.0468. The minimum atomic E-state index is -4.81. The second-order valence-corrected chi connectivity index (χ2v) is 1.96. The predicted molar refractivity (Wildman–Crippen MR) is 32.9 cm³/mol. The zero-order valence-corrected chi connectivity index (χ0v) is 8.15. The fraction of sp³-hybridized carbons (Fsp3) is 0. The van der Waals surface area contributed by atoms with E-state index in [0.717, 1.165) is 0 Å². The summed E-state index contributed by atoms with van der Waals surface area (Å²) in [6, 6.07) is 0. The van der Waals surface area contributed by atoms with Crippen LogP contribution in [0.2, 0.25) is 0 Å². The summed E-state index contributed by atoms with van der Waals surface area (Å²) in [5.41, 5.74) is 0. The monoisotopic (exact) mass is 220 g/mol. The second kappa shape index (κ2) is 8.66. The first-order valence-corrected chi connectivity index (χ1v) is 3.10. The van der Waals surface area contributed by atoms with Crippen molar-refractivity contribution in [3.63, 3.8) is 0 Å². The third-order valence-electron chi connectivity index (χ3n) is 0.0899. The quantitative estimate of drug-likeness (QED) is 0.363. The van der Waals surface area contributed by atoms with Crippen LogP contribution in [0, 0.1) is 0 Å². The van der Waals surface area contributed by atoms with Gasteiger partial charge in [0.1, 0.15) is 0 Å². The molecule has 10 heteroatoms. The molecule has 0 saturated carbocycles. The smallest absolute Gasteiger partial charge is 1.00 e. The van der Waals surface area contributed by atoms with Crippen molar-refractivity contribution in [2.45, 2.75) is 0 Å². The van der Waals surface area contributed by atoms with Gasteiger partial charge in [-0.25, -0.2) is 9.36 Å². The molecule has 0 aromatic heterocycles. The number of hydrogen-bond donors (Lipinski definition) is 4. The van der Waals surface area contributed by atoms with E-state index in [2.05, 4.69) is 4.73 Å². The normalized spacial score (nSPS) is 8.64. The Bertz CT molecular complexity index is 145. The molecule has 7 nitrogen and oxygen atoms in total. The fourth-order valence-electron chi connectivity index (χ4n) is 0. The van der Waals surface area contributed by atoms with Crippen LogP contribution in [0.3, 0.4) is 0 Å². The van der Waals surface area contributed by atoms with Gasteiger partial charge in [-0.05, 0) is 4.53 Å². The fourth-order valence-corrected chi connectivity index (χ4v) is 0. The molecule has 0 unspecified atom stereocenters. The summed E-state index contributed by atoms with van der Waals surface area (Å²) in [7, 11) is -4.81. The topological polar surface area (TPSA) is 124 Å². The van der Waals surface area contributed by atoms with E-state index in [1.165, 1.54) is 0 Å². The molecule has 0 saturated heterocycles. The Kier molecular flexibility index (Phi) is 13.9. The first kappa shape index (κ1) is 17.6. The molecule has 0 fully saturated rings. The summed E-state index contributed by atoms with van der Waals surface area (Å²) in [5, 5.41) is 13.9. The van der Waals surface area contributed by atoms with Gasteiger partial charge < -0.3 is 22.9 Å². The summed E-state index contributed by atoms with van der Waals surface area (Å²) in [4.78, 5) is 23.2. The van der Waals surface area contributed by atoms with Crippen LogP contribution in [0.1, 0.15) is 2.85 Å². The molecule has 0 aromatic carbocycles. The maximum atomic E-state index is 10.2. The maximum Gasteiger partial charge on any atom is 2.00 e. The van der Waals surface area contributed by atoms with Crippen LogP contribution in [0.15, 0.2) is 0 Å².